The molecule has 0 saturated heterocycles. The Hall–Kier alpha value is -1.53. The van der Waals surface area contributed by atoms with Crippen molar-refractivity contribution in [3.63, 3.8) is 0 Å². The van der Waals surface area contributed by atoms with Gasteiger partial charge in [-0.1, -0.05) is 18.5 Å². The van der Waals surface area contributed by atoms with Crippen LogP contribution in [0, 0.1) is 11.3 Å². The predicted octanol–water partition coefficient (Wildman–Crippen LogP) is 2.49. The second kappa shape index (κ2) is 5.53. The Morgan fingerprint density at radius 3 is 2.62 bits per heavy atom. The van der Waals surface area contributed by atoms with E-state index in [0.29, 0.717) is 16.1 Å². The zero-order valence-corrected chi connectivity index (χ0v) is 9.97. The molecule has 1 aromatic carbocycles. The smallest absolute Gasteiger partial charge is 0.310 e. The Balaban J connectivity index is 3.17. The highest BCUT2D eigenvalue weighted by atomic mass is 35.5. The summed E-state index contributed by atoms with van der Waals surface area (Å²) in [5.41, 5.74) is 2.03. The fourth-order valence-corrected chi connectivity index (χ4v) is 1.74. The van der Waals surface area contributed by atoms with Crippen LogP contribution in [0.3, 0.4) is 0 Å². The molecule has 4 heteroatoms. The molecule has 0 atom stereocenters. The Labute approximate surface area is 99.6 Å². The third-order valence-corrected chi connectivity index (χ3v) is 2.78. The van der Waals surface area contributed by atoms with E-state index in [1.807, 2.05) is 13.0 Å². The maximum atomic E-state index is 11.2. The second-order valence-electron chi connectivity index (χ2n) is 3.33. The molecule has 0 radical (unpaired) electrons. The zero-order chi connectivity index (χ0) is 12.1. The number of nitrogens with zero attached hydrogens (tertiary/aromatic N) is 1. The normalized spacial score (nSPS) is 9.62. The molecule has 0 unspecified atom stereocenters. The molecule has 0 heterocycles. The molecule has 0 aliphatic carbocycles. The van der Waals surface area contributed by atoms with Gasteiger partial charge >= 0.3 is 5.97 Å². The molecule has 0 N–H and O–H groups in total. The molecule has 0 fully saturated rings. The summed E-state index contributed by atoms with van der Waals surface area (Å²) in [5, 5.41) is 9.40. The Kier molecular flexibility index (Phi) is 4.33. The quantitative estimate of drug-likeness (QED) is 0.759. The van der Waals surface area contributed by atoms with Gasteiger partial charge in [0.1, 0.15) is 0 Å². The van der Waals surface area contributed by atoms with E-state index < -0.39 is 0 Å². The SMILES string of the molecule is CCc1cc(C#N)cc(CC(=O)OC)c1Cl. The van der Waals surface area contributed by atoms with Crippen LogP contribution < -0.4 is 0 Å². The number of benzene rings is 1. The van der Waals surface area contributed by atoms with Gasteiger partial charge in [0.15, 0.2) is 0 Å². The predicted molar refractivity (Wildman–Crippen MR) is 61.3 cm³/mol. The summed E-state index contributed by atoms with van der Waals surface area (Å²) in [6, 6.07) is 5.41. The molecular weight excluding hydrogens is 226 g/mol. The van der Waals surface area contributed by atoms with Crippen molar-refractivity contribution in [3.05, 3.63) is 33.8 Å². The van der Waals surface area contributed by atoms with Gasteiger partial charge in [-0.05, 0) is 29.7 Å². The van der Waals surface area contributed by atoms with E-state index in [-0.39, 0.29) is 12.4 Å². The highest BCUT2D eigenvalue weighted by Gasteiger charge is 2.11. The van der Waals surface area contributed by atoms with Gasteiger partial charge in [-0.3, -0.25) is 4.79 Å². The van der Waals surface area contributed by atoms with E-state index in [4.69, 9.17) is 16.9 Å². The Bertz CT molecular complexity index is 449. The molecule has 0 saturated carbocycles. The van der Waals surface area contributed by atoms with E-state index in [9.17, 15) is 4.79 Å². The lowest BCUT2D eigenvalue weighted by Crippen LogP contribution is -2.06. The van der Waals surface area contributed by atoms with E-state index >= 15 is 0 Å². The number of ether oxygens (including phenoxy) is 1. The molecule has 0 aromatic heterocycles. The van der Waals surface area contributed by atoms with Crippen molar-refractivity contribution in [1.29, 1.82) is 5.26 Å². The summed E-state index contributed by atoms with van der Waals surface area (Å²) in [6.07, 6.45) is 0.820. The van der Waals surface area contributed by atoms with E-state index in [2.05, 4.69) is 4.74 Å². The molecule has 1 rings (SSSR count). The lowest BCUT2D eigenvalue weighted by molar-refractivity contribution is -0.139. The highest BCUT2D eigenvalue weighted by molar-refractivity contribution is 6.32. The lowest BCUT2D eigenvalue weighted by atomic mass is 10.0. The summed E-state index contributed by atoms with van der Waals surface area (Å²) < 4.78 is 4.58. The van der Waals surface area contributed by atoms with Crippen molar-refractivity contribution >= 4 is 17.6 Å². The van der Waals surface area contributed by atoms with E-state index in [1.54, 1.807) is 12.1 Å². The summed E-state index contributed by atoms with van der Waals surface area (Å²) in [5.74, 6) is -0.362. The van der Waals surface area contributed by atoms with Crippen LogP contribution in [0.25, 0.3) is 0 Å². The van der Waals surface area contributed by atoms with Crippen LogP contribution in [-0.4, -0.2) is 13.1 Å². The number of hydrogen-bond acceptors (Lipinski definition) is 3. The molecule has 0 spiro atoms. The monoisotopic (exact) mass is 237 g/mol. The maximum Gasteiger partial charge on any atom is 0.310 e. The van der Waals surface area contributed by atoms with Crippen molar-refractivity contribution in [3.8, 4) is 6.07 Å². The third-order valence-electron chi connectivity index (χ3n) is 2.30. The number of carbonyl (C=O) groups excluding carboxylic acids is 1. The number of halogens is 1. The zero-order valence-electron chi connectivity index (χ0n) is 9.21. The number of aryl methyl sites for hydroxylation is 1. The van der Waals surface area contributed by atoms with E-state index in [1.165, 1.54) is 7.11 Å². The first-order chi connectivity index (χ1) is 7.62. The number of esters is 1. The van der Waals surface area contributed by atoms with Crippen molar-refractivity contribution in [2.24, 2.45) is 0 Å². The minimum Gasteiger partial charge on any atom is -0.469 e. The van der Waals surface area contributed by atoms with Crippen LogP contribution in [0.5, 0.6) is 0 Å². The van der Waals surface area contributed by atoms with Crippen LogP contribution in [0.15, 0.2) is 12.1 Å². The molecule has 0 amide bonds. The Morgan fingerprint density at radius 1 is 1.50 bits per heavy atom. The van der Waals surface area contributed by atoms with E-state index in [0.717, 1.165) is 12.0 Å². The molecule has 0 aliphatic rings. The number of rotatable bonds is 3. The van der Waals surface area contributed by atoms with Crippen LogP contribution in [0.1, 0.15) is 23.6 Å². The van der Waals surface area contributed by atoms with Crippen molar-refractivity contribution < 1.29 is 9.53 Å². The highest BCUT2D eigenvalue weighted by Crippen LogP contribution is 2.24. The maximum absolute atomic E-state index is 11.2. The average Bonchev–Trinajstić information content (AvgIpc) is 2.31. The second-order valence-corrected chi connectivity index (χ2v) is 3.70. The first-order valence-corrected chi connectivity index (χ1v) is 5.28. The molecular formula is C12H12ClNO2. The third kappa shape index (κ3) is 2.74. The van der Waals surface area contributed by atoms with Crippen molar-refractivity contribution in [1.82, 2.24) is 0 Å². The Morgan fingerprint density at radius 2 is 2.12 bits per heavy atom. The van der Waals surface area contributed by atoms with Gasteiger partial charge in [0, 0.05) is 5.02 Å². The number of carbonyl (C=O) groups is 1. The molecule has 84 valence electrons. The fraction of sp³-hybridized carbons (Fsp3) is 0.333. The summed E-state index contributed by atoms with van der Waals surface area (Å²) in [7, 11) is 1.32. The summed E-state index contributed by atoms with van der Waals surface area (Å²) in [6.45, 7) is 1.95. The van der Waals surface area contributed by atoms with Crippen LogP contribution in [0.4, 0.5) is 0 Å². The van der Waals surface area contributed by atoms with Gasteiger partial charge in [0.2, 0.25) is 0 Å². The van der Waals surface area contributed by atoms with Crippen molar-refractivity contribution in [2.45, 2.75) is 19.8 Å². The number of hydrogen-bond donors (Lipinski definition) is 0. The molecule has 0 bridgehead atoms. The van der Waals surface area contributed by atoms with Crippen molar-refractivity contribution in [2.75, 3.05) is 7.11 Å². The minimum absolute atomic E-state index is 0.0951. The fourth-order valence-electron chi connectivity index (χ4n) is 1.43. The number of methoxy groups -OCH3 is 1. The molecule has 16 heavy (non-hydrogen) atoms. The summed E-state index contributed by atoms with van der Waals surface area (Å²) >= 11 is 6.12. The average molecular weight is 238 g/mol. The van der Waals surface area contributed by atoms with Crippen LogP contribution in [0.2, 0.25) is 5.02 Å². The van der Waals surface area contributed by atoms with Gasteiger partial charge < -0.3 is 4.74 Å². The largest absolute Gasteiger partial charge is 0.469 e. The first-order valence-electron chi connectivity index (χ1n) is 4.90. The molecule has 1 aromatic rings. The van der Waals surface area contributed by atoms with Crippen LogP contribution in [-0.2, 0) is 22.4 Å². The summed E-state index contributed by atoms with van der Waals surface area (Å²) in [4.78, 5) is 11.2. The lowest BCUT2D eigenvalue weighted by Gasteiger charge is -2.08. The van der Waals surface area contributed by atoms with Gasteiger partial charge in [0.05, 0.1) is 25.2 Å². The molecule has 3 nitrogen and oxygen atoms in total. The number of nitriles is 1. The minimum atomic E-state index is -0.362. The first kappa shape index (κ1) is 12.5. The van der Waals surface area contributed by atoms with Gasteiger partial charge in [-0.25, -0.2) is 0 Å². The van der Waals surface area contributed by atoms with Crippen LogP contribution >= 0.6 is 11.6 Å². The standard InChI is InChI=1S/C12H12ClNO2/c1-3-9-4-8(7-14)5-10(12(9)13)6-11(15)16-2/h4-5H,3,6H2,1-2H3. The van der Waals surface area contributed by atoms with Gasteiger partial charge in [0.25, 0.3) is 0 Å². The topological polar surface area (TPSA) is 50.1 Å². The van der Waals surface area contributed by atoms with Gasteiger partial charge in [-0.2, -0.15) is 5.26 Å². The van der Waals surface area contributed by atoms with Gasteiger partial charge in [-0.15, -0.1) is 0 Å². The molecule has 0 aliphatic heterocycles.